The first-order valence-electron chi connectivity index (χ1n) is 6.90. The van der Waals surface area contributed by atoms with Crippen LogP contribution in [0.1, 0.15) is 29.9 Å². The Balaban J connectivity index is 1.62. The SMILES string of the molecule is Cc1ccc(NC2CC(c3ccccc3F)C2)c(F)c1. The van der Waals surface area contributed by atoms with E-state index in [0.29, 0.717) is 5.69 Å². The van der Waals surface area contributed by atoms with Gasteiger partial charge in [0.05, 0.1) is 5.69 Å². The lowest BCUT2D eigenvalue weighted by Crippen LogP contribution is -2.34. The molecule has 0 radical (unpaired) electrons. The Morgan fingerprint density at radius 2 is 1.75 bits per heavy atom. The van der Waals surface area contributed by atoms with Gasteiger partial charge in [0, 0.05) is 6.04 Å². The van der Waals surface area contributed by atoms with Crippen molar-refractivity contribution in [2.45, 2.75) is 31.7 Å². The van der Waals surface area contributed by atoms with E-state index in [1.54, 1.807) is 12.1 Å². The average molecular weight is 273 g/mol. The molecule has 1 aliphatic carbocycles. The van der Waals surface area contributed by atoms with E-state index in [-0.39, 0.29) is 23.6 Å². The first-order chi connectivity index (χ1) is 9.63. The van der Waals surface area contributed by atoms with Crippen LogP contribution >= 0.6 is 0 Å². The Hall–Kier alpha value is -1.90. The maximum atomic E-state index is 13.7. The van der Waals surface area contributed by atoms with E-state index >= 15 is 0 Å². The largest absolute Gasteiger partial charge is 0.380 e. The second kappa shape index (κ2) is 5.23. The van der Waals surface area contributed by atoms with Gasteiger partial charge in [-0.2, -0.15) is 0 Å². The van der Waals surface area contributed by atoms with Crippen LogP contribution in [0.15, 0.2) is 42.5 Å². The molecule has 20 heavy (non-hydrogen) atoms. The van der Waals surface area contributed by atoms with Crippen molar-refractivity contribution < 1.29 is 8.78 Å². The van der Waals surface area contributed by atoms with Crippen molar-refractivity contribution in [2.75, 3.05) is 5.32 Å². The van der Waals surface area contributed by atoms with E-state index in [0.717, 1.165) is 24.0 Å². The normalized spacial score (nSPS) is 21.4. The number of nitrogens with one attached hydrogen (secondary N) is 1. The summed E-state index contributed by atoms with van der Waals surface area (Å²) in [7, 11) is 0. The van der Waals surface area contributed by atoms with Crippen molar-refractivity contribution in [2.24, 2.45) is 0 Å². The second-order valence-corrected chi connectivity index (χ2v) is 5.51. The van der Waals surface area contributed by atoms with Crippen LogP contribution < -0.4 is 5.32 Å². The number of halogens is 2. The monoisotopic (exact) mass is 273 g/mol. The molecular formula is C17H17F2N. The Labute approximate surface area is 117 Å². The molecule has 3 rings (SSSR count). The first kappa shape index (κ1) is 13.1. The van der Waals surface area contributed by atoms with Crippen LogP contribution in [0.3, 0.4) is 0 Å². The maximum Gasteiger partial charge on any atom is 0.146 e. The zero-order valence-electron chi connectivity index (χ0n) is 11.4. The third-order valence-corrected chi connectivity index (χ3v) is 3.97. The van der Waals surface area contributed by atoms with Crippen LogP contribution in [-0.4, -0.2) is 6.04 Å². The molecule has 0 unspecified atom stereocenters. The Kier molecular flexibility index (Phi) is 3.43. The minimum Gasteiger partial charge on any atom is -0.380 e. The smallest absolute Gasteiger partial charge is 0.146 e. The number of hydrogen-bond donors (Lipinski definition) is 1. The molecule has 1 N–H and O–H groups in total. The van der Waals surface area contributed by atoms with Crippen molar-refractivity contribution in [1.29, 1.82) is 0 Å². The van der Waals surface area contributed by atoms with Crippen molar-refractivity contribution in [1.82, 2.24) is 0 Å². The van der Waals surface area contributed by atoms with Gasteiger partial charge in [0.1, 0.15) is 11.6 Å². The summed E-state index contributed by atoms with van der Waals surface area (Å²) in [5, 5.41) is 3.20. The summed E-state index contributed by atoms with van der Waals surface area (Å²) in [6.45, 7) is 1.87. The minimum absolute atomic E-state index is 0.141. The molecule has 0 amide bonds. The molecule has 0 heterocycles. The predicted octanol–water partition coefficient (Wildman–Crippen LogP) is 4.63. The van der Waals surface area contributed by atoms with E-state index < -0.39 is 0 Å². The third-order valence-electron chi connectivity index (χ3n) is 3.97. The summed E-state index contributed by atoms with van der Waals surface area (Å²) in [6.07, 6.45) is 1.68. The number of hydrogen-bond acceptors (Lipinski definition) is 1. The molecule has 0 spiro atoms. The van der Waals surface area contributed by atoms with Crippen LogP contribution in [0, 0.1) is 18.6 Å². The van der Waals surface area contributed by atoms with Crippen molar-refractivity contribution >= 4 is 5.69 Å². The zero-order valence-corrected chi connectivity index (χ0v) is 11.4. The molecule has 0 aromatic heterocycles. The van der Waals surface area contributed by atoms with Gasteiger partial charge in [-0.1, -0.05) is 24.3 Å². The van der Waals surface area contributed by atoms with E-state index in [2.05, 4.69) is 5.32 Å². The molecule has 0 bridgehead atoms. The second-order valence-electron chi connectivity index (χ2n) is 5.51. The molecule has 2 aromatic carbocycles. The molecule has 2 aromatic rings. The minimum atomic E-state index is -0.223. The molecule has 0 atom stereocenters. The fourth-order valence-corrected chi connectivity index (χ4v) is 2.75. The highest BCUT2D eigenvalue weighted by Crippen LogP contribution is 2.39. The van der Waals surface area contributed by atoms with Crippen LogP contribution in [0.5, 0.6) is 0 Å². The predicted molar refractivity (Wildman–Crippen MR) is 76.9 cm³/mol. The van der Waals surface area contributed by atoms with E-state index in [1.807, 2.05) is 25.1 Å². The van der Waals surface area contributed by atoms with Crippen molar-refractivity contribution in [3.05, 3.63) is 65.2 Å². The molecule has 3 heteroatoms. The summed E-state index contributed by atoms with van der Waals surface area (Å²) in [6, 6.07) is 12.3. The highest BCUT2D eigenvalue weighted by molar-refractivity contribution is 5.47. The molecule has 0 saturated heterocycles. The third kappa shape index (κ3) is 2.53. The first-order valence-corrected chi connectivity index (χ1v) is 6.90. The lowest BCUT2D eigenvalue weighted by atomic mass is 9.75. The Bertz CT molecular complexity index is 618. The molecular weight excluding hydrogens is 256 g/mol. The summed E-state index contributed by atoms with van der Waals surface area (Å²) < 4.78 is 27.4. The molecule has 1 nitrogen and oxygen atoms in total. The summed E-state index contributed by atoms with van der Waals surface area (Å²) in [5.41, 5.74) is 2.22. The molecule has 1 saturated carbocycles. The number of anilines is 1. The van der Waals surface area contributed by atoms with Crippen LogP contribution in [0.2, 0.25) is 0 Å². The quantitative estimate of drug-likeness (QED) is 0.859. The summed E-state index contributed by atoms with van der Waals surface area (Å²) >= 11 is 0. The Morgan fingerprint density at radius 3 is 2.45 bits per heavy atom. The average Bonchev–Trinajstić information content (AvgIpc) is 2.37. The fraction of sp³-hybridized carbons (Fsp3) is 0.294. The van der Waals surface area contributed by atoms with Gasteiger partial charge < -0.3 is 5.32 Å². The number of aryl methyl sites for hydroxylation is 1. The highest BCUT2D eigenvalue weighted by atomic mass is 19.1. The van der Waals surface area contributed by atoms with Crippen molar-refractivity contribution in [3.63, 3.8) is 0 Å². The van der Waals surface area contributed by atoms with Crippen LogP contribution in [-0.2, 0) is 0 Å². The van der Waals surface area contributed by atoms with Crippen LogP contribution in [0.4, 0.5) is 14.5 Å². The van der Waals surface area contributed by atoms with Gasteiger partial charge in [0.25, 0.3) is 0 Å². The standard InChI is InChI=1S/C17H17F2N/c1-11-6-7-17(16(19)8-11)20-13-9-12(10-13)14-4-2-3-5-15(14)18/h2-8,12-13,20H,9-10H2,1H3. The van der Waals surface area contributed by atoms with Gasteiger partial charge >= 0.3 is 0 Å². The lowest BCUT2D eigenvalue weighted by molar-refractivity contribution is 0.362. The van der Waals surface area contributed by atoms with E-state index in [9.17, 15) is 8.78 Å². The summed E-state index contributed by atoms with van der Waals surface area (Å²) in [5.74, 6) is -0.126. The van der Waals surface area contributed by atoms with Gasteiger partial charge in [-0.3, -0.25) is 0 Å². The number of benzene rings is 2. The molecule has 1 aliphatic rings. The molecule has 104 valence electrons. The van der Waals surface area contributed by atoms with E-state index in [4.69, 9.17) is 0 Å². The van der Waals surface area contributed by atoms with Crippen molar-refractivity contribution in [3.8, 4) is 0 Å². The maximum absolute atomic E-state index is 13.7. The molecule has 0 aliphatic heterocycles. The topological polar surface area (TPSA) is 12.0 Å². The Morgan fingerprint density at radius 1 is 1.00 bits per heavy atom. The lowest BCUT2D eigenvalue weighted by Gasteiger charge is -2.37. The van der Waals surface area contributed by atoms with Gasteiger partial charge in [0.15, 0.2) is 0 Å². The van der Waals surface area contributed by atoms with Crippen LogP contribution in [0.25, 0.3) is 0 Å². The molecule has 1 fully saturated rings. The number of rotatable bonds is 3. The summed E-state index contributed by atoms with van der Waals surface area (Å²) in [4.78, 5) is 0. The highest BCUT2D eigenvalue weighted by Gasteiger charge is 2.32. The zero-order chi connectivity index (χ0) is 14.1. The van der Waals surface area contributed by atoms with Gasteiger partial charge in [0.2, 0.25) is 0 Å². The van der Waals surface area contributed by atoms with E-state index in [1.165, 1.54) is 12.1 Å². The van der Waals surface area contributed by atoms with Gasteiger partial charge in [-0.15, -0.1) is 0 Å². The van der Waals surface area contributed by atoms with Gasteiger partial charge in [-0.05, 0) is 55.0 Å². The fourth-order valence-electron chi connectivity index (χ4n) is 2.75. The van der Waals surface area contributed by atoms with Gasteiger partial charge in [-0.25, -0.2) is 8.78 Å².